The Morgan fingerprint density at radius 1 is 1.43 bits per heavy atom. The molecule has 0 unspecified atom stereocenters. The van der Waals surface area contributed by atoms with Crippen LogP contribution < -0.4 is 4.73 Å². The zero-order chi connectivity index (χ0) is 10.6. The van der Waals surface area contributed by atoms with Crippen LogP contribution in [-0.4, -0.2) is 24.8 Å². The number of allylic oxidation sites excluding steroid dienone is 1. The van der Waals surface area contributed by atoms with Crippen LogP contribution in [0.2, 0.25) is 0 Å². The van der Waals surface area contributed by atoms with Gasteiger partial charge in [-0.1, -0.05) is 0 Å². The van der Waals surface area contributed by atoms with Gasteiger partial charge >= 0.3 is 0 Å². The predicted molar refractivity (Wildman–Crippen MR) is 52.6 cm³/mol. The summed E-state index contributed by atoms with van der Waals surface area (Å²) in [6, 6.07) is 2.99. The first kappa shape index (κ1) is 10.2. The first-order valence-corrected chi connectivity index (χ1v) is 4.17. The van der Waals surface area contributed by atoms with Gasteiger partial charge in [-0.25, -0.2) is 0 Å². The van der Waals surface area contributed by atoms with Crippen molar-refractivity contribution in [3.63, 3.8) is 0 Å². The summed E-state index contributed by atoms with van der Waals surface area (Å²) in [6.45, 7) is 0. The van der Waals surface area contributed by atoms with E-state index in [1.807, 2.05) is 14.1 Å². The molecule has 1 aromatic heterocycles. The van der Waals surface area contributed by atoms with Gasteiger partial charge in [-0.05, 0) is 0 Å². The Labute approximate surface area is 82.7 Å². The van der Waals surface area contributed by atoms with Crippen molar-refractivity contribution in [1.29, 1.82) is 0 Å². The molecule has 0 bridgehead atoms. The van der Waals surface area contributed by atoms with E-state index in [4.69, 9.17) is 0 Å². The first-order chi connectivity index (χ1) is 6.59. The zero-order valence-electron chi connectivity index (χ0n) is 8.18. The van der Waals surface area contributed by atoms with Gasteiger partial charge in [0, 0.05) is 44.1 Å². The summed E-state index contributed by atoms with van der Waals surface area (Å²) in [7, 11) is 3.67. The molecule has 14 heavy (non-hydrogen) atoms. The molecule has 0 N–H and O–H groups in total. The van der Waals surface area contributed by atoms with Gasteiger partial charge in [-0.15, -0.1) is 0 Å². The Bertz CT molecular complexity index is 342. The maximum absolute atomic E-state index is 11.4. The summed E-state index contributed by atoms with van der Waals surface area (Å²) < 4.78 is 0.645. The molecular formula is C10H12N2O2. The molecule has 0 amide bonds. The average molecular weight is 192 g/mol. The van der Waals surface area contributed by atoms with Crippen molar-refractivity contribution < 1.29 is 9.52 Å². The molecule has 0 saturated heterocycles. The molecule has 1 rings (SSSR count). The van der Waals surface area contributed by atoms with Crippen LogP contribution in [-0.2, 0) is 0 Å². The topological polar surface area (TPSA) is 47.2 Å². The second-order valence-electron chi connectivity index (χ2n) is 3.09. The maximum Gasteiger partial charge on any atom is 0.187 e. The van der Waals surface area contributed by atoms with Crippen LogP contribution in [0.5, 0.6) is 0 Å². The summed E-state index contributed by atoms with van der Waals surface area (Å²) >= 11 is 0. The fourth-order valence-electron chi connectivity index (χ4n) is 0.890. The number of hydrogen-bond donors (Lipinski definition) is 0. The molecule has 4 heteroatoms. The van der Waals surface area contributed by atoms with Crippen molar-refractivity contribution in [2.45, 2.75) is 0 Å². The van der Waals surface area contributed by atoms with Crippen molar-refractivity contribution in [3.05, 3.63) is 47.6 Å². The number of carbonyl (C=O) groups excluding carboxylic acids is 1. The van der Waals surface area contributed by atoms with Gasteiger partial charge in [-0.2, -0.15) is 4.73 Å². The van der Waals surface area contributed by atoms with E-state index in [0.29, 0.717) is 10.3 Å². The fourth-order valence-corrected chi connectivity index (χ4v) is 0.890. The second kappa shape index (κ2) is 4.41. The predicted octanol–water partition coefficient (Wildman–Crippen LogP) is 0.578. The van der Waals surface area contributed by atoms with Crippen molar-refractivity contribution in [2.24, 2.45) is 0 Å². The quantitative estimate of drug-likeness (QED) is 0.304. The lowest BCUT2D eigenvalue weighted by atomic mass is 10.2. The van der Waals surface area contributed by atoms with E-state index in [1.165, 1.54) is 30.6 Å². The molecule has 0 aliphatic rings. The Morgan fingerprint density at radius 3 is 2.50 bits per heavy atom. The van der Waals surface area contributed by atoms with Gasteiger partial charge in [0.2, 0.25) is 0 Å². The molecule has 0 aliphatic heterocycles. The number of hydrogen-bond acceptors (Lipinski definition) is 3. The summed E-state index contributed by atoms with van der Waals surface area (Å²) in [4.78, 5) is 13.2. The van der Waals surface area contributed by atoms with Gasteiger partial charge in [0.25, 0.3) is 0 Å². The van der Waals surface area contributed by atoms with E-state index in [1.54, 1.807) is 11.1 Å². The summed E-state index contributed by atoms with van der Waals surface area (Å²) in [6.07, 6.45) is 5.73. The standard InChI is InChI=1S/C10H12N2O2/c1-11(2)6-5-10(13)9-3-7-12(14)8-4-9/h3-8H,1-2H3. The molecule has 74 valence electrons. The van der Waals surface area contributed by atoms with Crippen LogP contribution in [0.15, 0.2) is 36.8 Å². The maximum atomic E-state index is 11.4. The van der Waals surface area contributed by atoms with Crippen LogP contribution >= 0.6 is 0 Å². The lowest BCUT2D eigenvalue weighted by Gasteiger charge is -2.02. The van der Waals surface area contributed by atoms with E-state index in [9.17, 15) is 10.0 Å². The third-order valence-corrected chi connectivity index (χ3v) is 1.61. The number of carbonyl (C=O) groups is 1. The molecule has 0 aliphatic carbocycles. The van der Waals surface area contributed by atoms with Crippen LogP contribution in [0.25, 0.3) is 0 Å². The molecule has 0 saturated carbocycles. The smallest absolute Gasteiger partial charge is 0.187 e. The van der Waals surface area contributed by atoms with Crippen LogP contribution in [0.1, 0.15) is 10.4 Å². The Hall–Kier alpha value is -1.84. The van der Waals surface area contributed by atoms with Crippen LogP contribution in [0, 0.1) is 5.21 Å². The zero-order valence-corrected chi connectivity index (χ0v) is 8.18. The van der Waals surface area contributed by atoms with Gasteiger partial charge in [0.05, 0.1) is 0 Å². The van der Waals surface area contributed by atoms with Crippen LogP contribution in [0.3, 0.4) is 0 Å². The number of ketones is 1. The molecule has 4 nitrogen and oxygen atoms in total. The molecule has 1 heterocycles. The van der Waals surface area contributed by atoms with E-state index < -0.39 is 0 Å². The lowest BCUT2D eigenvalue weighted by Crippen LogP contribution is -2.24. The van der Waals surface area contributed by atoms with E-state index in [2.05, 4.69) is 0 Å². The largest absolute Gasteiger partial charge is 0.619 e. The highest BCUT2D eigenvalue weighted by Crippen LogP contribution is 1.98. The van der Waals surface area contributed by atoms with E-state index >= 15 is 0 Å². The van der Waals surface area contributed by atoms with Crippen molar-refractivity contribution in [2.75, 3.05) is 14.1 Å². The summed E-state index contributed by atoms with van der Waals surface area (Å²) in [5, 5.41) is 10.7. The lowest BCUT2D eigenvalue weighted by molar-refractivity contribution is -0.605. The number of aromatic nitrogens is 1. The minimum absolute atomic E-state index is 0.112. The van der Waals surface area contributed by atoms with Gasteiger partial charge in [0.15, 0.2) is 18.2 Å². The highest BCUT2D eigenvalue weighted by atomic mass is 16.5. The third kappa shape index (κ3) is 2.90. The average Bonchev–Trinajstić information content (AvgIpc) is 2.15. The first-order valence-electron chi connectivity index (χ1n) is 4.17. The Morgan fingerprint density at radius 2 is 2.00 bits per heavy atom. The highest BCUT2D eigenvalue weighted by Gasteiger charge is 2.02. The third-order valence-electron chi connectivity index (χ3n) is 1.61. The Balaban J connectivity index is 2.75. The van der Waals surface area contributed by atoms with Crippen LogP contribution in [0.4, 0.5) is 0 Å². The molecule has 0 spiro atoms. The van der Waals surface area contributed by atoms with Crippen molar-refractivity contribution in [1.82, 2.24) is 4.90 Å². The Kier molecular flexibility index (Phi) is 3.23. The minimum atomic E-state index is -0.112. The molecule has 0 atom stereocenters. The minimum Gasteiger partial charge on any atom is -0.619 e. The SMILES string of the molecule is CN(C)C=CC(=O)c1cc[n+]([O-])cc1. The molecule has 1 aromatic rings. The van der Waals surface area contributed by atoms with Gasteiger partial charge in [-0.3, -0.25) is 4.79 Å². The summed E-state index contributed by atoms with van der Waals surface area (Å²) in [5.41, 5.74) is 0.509. The van der Waals surface area contributed by atoms with E-state index in [0.717, 1.165) is 0 Å². The van der Waals surface area contributed by atoms with Crippen molar-refractivity contribution >= 4 is 5.78 Å². The number of rotatable bonds is 3. The normalized spacial score (nSPS) is 10.4. The summed E-state index contributed by atoms with van der Waals surface area (Å²) in [5.74, 6) is -0.112. The van der Waals surface area contributed by atoms with Gasteiger partial charge in [0.1, 0.15) is 0 Å². The molecular weight excluding hydrogens is 180 g/mol. The number of nitrogens with zero attached hydrogens (tertiary/aromatic N) is 2. The highest BCUT2D eigenvalue weighted by molar-refractivity contribution is 6.04. The fraction of sp³-hybridized carbons (Fsp3) is 0.200. The van der Waals surface area contributed by atoms with Crippen molar-refractivity contribution in [3.8, 4) is 0 Å². The van der Waals surface area contributed by atoms with E-state index in [-0.39, 0.29) is 5.78 Å². The molecule has 0 aromatic carbocycles. The number of pyridine rings is 1. The molecule has 0 fully saturated rings. The molecule has 0 radical (unpaired) electrons. The second-order valence-corrected chi connectivity index (χ2v) is 3.09. The van der Waals surface area contributed by atoms with Gasteiger partial charge < -0.3 is 10.1 Å². The monoisotopic (exact) mass is 192 g/mol.